The summed E-state index contributed by atoms with van der Waals surface area (Å²) in [5, 5.41) is 9.10. The number of pyridine rings is 1. The minimum absolute atomic E-state index is 0.334. The maximum absolute atomic E-state index is 11.4. The Balaban J connectivity index is 2.84. The number of hydrogen-bond acceptors (Lipinski definition) is 5. The Kier molecular flexibility index (Phi) is 3.56. The summed E-state index contributed by atoms with van der Waals surface area (Å²) < 4.78 is 4.23. The van der Waals surface area contributed by atoms with Crippen molar-refractivity contribution in [2.45, 2.75) is 0 Å². The van der Waals surface area contributed by atoms with Gasteiger partial charge in [-0.25, -0.2) is 4.79 Å². The zero-order valence-corrected chi connectivity index (χ0v) is 8.01. The molecule has 0 spiro atoms. The Morgan fingerprint density at radius 2 is 2.00 bits per heavy atom. The molecule has 0 aliphatic carbocycles. The van der Waals surface area contributed by atoms with Crippen LogP contribution in [0.3, 0.4) is 0 Å². The molecule has 0 radical (unpaired) electrons. The number of carbonyl (C=O) groups is 2. The summed E-state index contributed by atoms with van der Waals surface area (Å²) in [6, 6.07) is 2.95. The van der Waals surface area contributed by atoms with E-state index in [1.54, 1.807) is 0 Å². The van der Waals surface area contributed by atoms with Crippen LogP contribution in [0.4, 0.5) is 0 Å². The third kappa shape index (κ3) is 2.91. The van der Waals surface area contributed by atoms with Crippen LogP contribution in [0.2, 0.25) is 0 Å². The molecule has 5 nitrogen and oxygen atoms in total. The van der Waals surface area contributed by atoms with Crippen LogP contribution in [0.15, 0.2) is 36.4 Å². The van der Waals surface area contributed by atoms with E-state index in [9.17, 15) is 9.59 Å². The first-order valence-electron chi connectivity index (χ1n) is 4.08. The Morgan fingerprint density at radius 1 is 1.40 bits per heavy atom. The van der Waals surface area contributed by atoms with E-state index in [0.717, 1.165) is 13.2 Å². The molecule has 0 unspecified atom stereocenters. The molecule has 0 amide bonds. The Bertz CT molecular complexity index is 397. The van der Waals surface area contributed by atoms with E-state index in [-0.39, 0.29) is 0 Å². The number of rotatable bonds is 3. The molecule has 0 atom stereocenters. The highest BCUT2D eigenvalue weighted by atomic mass is 16.5. The van der Waals surface area contributed by atoms with E-state index >= 15 is 0 Å². The lowest BCUT2D eigenvalue weighted by Gasteiger charge is -1.97. The Hall–Kier alpha value is -2.17. The maximum atomic E-state index is 11.4. The summed E-state index contributed by atoms with van der Waals surface area (Å²) in [5.74, 6) is -2.16. The zero-order valence-electron chi connectivity index (χ0n) is 8.01. The lowest BCUT2D eigenvalue weighted by molar-refractivity contribution is -0.139. The van der Waals surface area contributed by atoms with Gasteiger partial charge in [0.05, 0.1) is 7.11 Å². The van der Waals surface area contributed by atoms with Gasteiger partial charge in [0, 0.05) is 24.0 Å². The standard InChI is InChI=1S/C10H9NO4/c1-15-10(14)9(13)6-8(12)7-2-4-11-5-3-7/h2-6,13H,1H3/b9-6+. The van der Waals surface area contributed by atoms with Crippen LogP contribution < -0.4 is 0 Å². The fourth-order valence-corrected chi connectivity index (χ4v) is 0.887. The second-order valence-corrected chi connectivity index (χ2v) is 2.62. The van der Waals surface area contributed by atoms with Crippen LogP contribution in [0.1, 0.15) is 10.4 Å². The molecule has 0 saturated heterocycles. The van der Waals surface area contributed by atoms with Gasteiger partial charge in [-0.1, -0.05) is 0 Å². The van der Waals surface area contributed by atoms with Crippen LogP contribution >= 0.6 is 0 Å². The number of methoxy groups -OCH3 is 1. The van der Waals surface area contributed by atoms with Gasteiger partial charge in [0.25, 0.3) is 0 Å². The highest BCUT2D eigenvalue weighted by molar-refractivity contribution is 6.07. The van der Waals surface area contributed by atoms with E-state index in [2.05, 4.69) is 9.72 Å². The molecule has 1 aromatic heterocycles. The molecule has 5 heteroatoms. The van der Waals surface area contributed by atoms with Crippen LogP contribution in [0.25, 0.3) is 0 Å². The van der Waals surface area contributed by atoms with Crippen molar-refractivity contribution in [3.8, 4) is 0 Å². The van der Waals surface area contributed by atoms with Crippen LogP contribution in [0, 0.1) is 0 Å². The predicted octanol–water partition coefficient (Wildman–Crippen LogP) is 0.879. The van der Waals surface area contributed by atoms with Gasteiger partial charge >= 0.3 is 5.97 Å². The van der Waals surface area contributed by atoms with Gasteiger partial charge in [-0.3, -0.25) is 9.78 Å². The van der Waals surface area contributed by atoms with Crippen molar-refractivity contribution in [3.63, 3.8) is 0 Å². The molecule has 15 heavy (non-hydrogen) atoms. The summed E-state index contributed by atoms with van der Waals surface area (Å²) in [6.07, 6.45) is 3.69. The van der Waals surface area contributed by atoms with Gasteiger partial charge in [-0.15, -0.1) is 0 Å². The zero-order chi connectivity index (χ0) is 11.3. The molecule has 1 aromatic rings. The second kappa shape index (κ2) is 4.90. The average molecular weight is 207 g/mol. The molecule has 0 aromatic carbocycles. The molecular weight excluding hydrogens is 198 g/mol. The van der Waals surface area contributed by atoms with Gasteiger partial charge < -0.3 is 9.84 Å². The highest BCUT2D eigenvalue weighted by Crippen LogP contribution is 2.02. The summed E-state index contributed by atoms with van der Waals surface area (Å²) >= 11 is 0. The van der Waals surface area contributed by atoms with Crippen LogP contribution in [-0.4, -0.2) is 29.0 Å². The molecule has 0 fully saturated rings. The number of ether oxygens (including phenoxy) is 1. The number of allylic oxidation sites excluding steroid dienone is 1. The number of nitrogens with zero attached hydrogens (tertiary/aromatic N) is 1. The minimum Gasteiger partial charge on any atom is -0.502 e. The first-order chi connectivity index (χ1) is 7.15. The molecule has 1 heterocycles. The predicted molar refractivity (Wildman–Crippen MR) is 51.3 cm³/mol. The van der Waals surface area contributed by atoms with E-state index in [1.165, 1.54) is 24.5 Å². The normalized spacial score (nSPS) is 10.9. The van der Waals surface area contributed by atoms with Crippen molar-refractivity contribution in [2.24, 2.45) is 0 Å². The van der Waals surface area contributed by atoms with Gasteiger partial charge in [0.15, 0.2) is 5.78 Å². The third-order valence-electron chi connectivity index (χ3n) is 1.63. The number of carbonyl (C=O) groups excluding carboxylic acids is 2. The fraction of sp³-hybridized carbons (Fsp3) is 0.100. The Labute approximate surface area is 86.0 Å². The molecule has 0 bridgehead atoms. The van der Waals surface area contributed by atoms with E-state index < -0.39 is 17.5 Å². The molecule has 78 valence electrons. The van der Waals surface area contributed by atoms with Gasteiger partial charge in [0.2, 0.25) is 5.76 Å². The SMILES string of the molecule is COC(=O)/C(O)=C\C(=O)c1ccncc1. The first kappa shape index (κ1) is 10.9. The summed E-state index contributed by atoms with van der Waals surface area (Å²) in [5.41, 5.74) is 0.334. The van der Waals surface area contributed by atoms with E-state index in [1.807, 2.05) is 0 Å². The molecule has 0 saturated carbocycles. The average Bonchev–Trinajstić information content (AvgIpc) is 2.29. The minimum atomic E-state index is -0.947. The molecule has 1 rings (SSSR count). The lowest BCUT2D eigenvalue weighted by atomic mass is 10.1. The van der Waals surface area contributed by atoms with E-state index in [4.69, 9.17) is 5.11 Å². The van der Waals surface area contributed by atoms with Crippen LogP contribution in [-0.2, 0) is 9.53 Å². The monoisotopic (exact) mass is 207 g/mol. The van der Waals surface area contributed by atoms with Crippen molar-refractivity contribution in [1.29, 1.82) is 0 Å². The molecule has 1 N–H and O–H groups in total. The summed E-state index contributed by atoms with van der Waals surface area (Å²) in [4.78, 5) is 25.9. The molecule has 0 aliphatic rings. The third-order valence-corrected chi connectivity index (χ3v) is 1.63. The number of esters is 1. The van der Waals surface area contributed by atoms with Gasteiger partial charge in [-0.05, 0) is 12.1 Å². The van der Waals surface area contributed by atoms with Crippen molar-refractivity contribution in [1.82, 2.24) is 4.98 Å². The number of ketones is 1. The topological polar surface area (TPSA) is 76.5 Å². The fourth-order valence-electron chi connectivity index (χ4n) is 0.887. The van der Waals surface area contributed by atoms with Crippen molar-refractivity contribution in [3.05, 3.63) is 41.9 Å². The highest BCUT2D eigenvalue weighted by Gasteiger charge is 2.10. The number of aliphatic hydroxyl groups is 1. The van der Waals surface area contributed by atoms with E-state index in [0.29, 0.717) is 5.56 Å². The maximum Gasteiger partial charge on any atom is 0.373 e. The summed E-state index contributed by atoms with van der Waals surface area (Å²) in [7, 11) is 1.11. The number of aliphatic hydroxyl groups excluding tert-OH is 1. The summed E-state index contributed by atoms with van der Waals surface area (Å²) in [6.45, 7) is 0. The second-order valence-electron chi connectivity index (χ2n) is 2.62. The van der Waals surface area contributed by atoms with Gasteiger partial charge in [-0.2, -0.15) is 0 Å². The molecule has 0 aliphatic heterocycles. The smallest absolute Gasteiger partial charge is 0.373 e. The van der Waals surface area contributed by atoms with Crippen molar-refractivity contribution < 1.29 is 19.4 Å². The van der Waals surface area contributed by atoms with Gasteiger partial charge in [0.1, 0.15) is 0 Å². The largest absolute Gasteiger partial charge is 0.502 e. The lowest BCUT2D eigenvalue weighted by Crippen LogP contribution is -2.06. The quantitative estimate of drug-likeness (QED) is 0.344. The van der Waals surface area contributed by atoms with Crippen molar-refractivity contribution >= 4 is 11.8 Å². The van der Waals surface area contributed by atoms with Crippen molar-refractivity contribution in [2.75, 3.05) is 7.11 Å². The number of aromatic nitrogens is 1. The Morgan fingerprint density at radius 3 is 2.53 bits per heavy atom. The first-order valence-corrected chi connectivity index (χ1v) is 4.08. The molecular formula is C10H9NO4. The van der Waals surface area contributed by atoms with Crippen LogP contribution in [0.5, 0.6) is 0 Å². The number of hydrogen-bond donors (Lipinski definition) is 1.